The summed E-state index contributed by atoms with van der Waals surface area (Å²) in [6.07, 6.45) is 8.21. The molecule has 0 bridgehead atoms. The summed E-state index contributed by atoms with van der Waals surface area (Å²) in [4.78, 5) is 0. The third-order valence-electron chi connectivity index (χ3n) is 3.73. The van der Waals surface area contributed by atoms with Gasteiger partial charge in [-0.2, -0.15) is 0 Å². The van der Waals surface area contributed by atoms with Crippen LogP contribution in [0, 0.1) is 5.41 Å². The third kappa shape index (κ3) is 5.89. The second-order valence-corrected chi connectivity index (χ2v) is 7.89. The van der Waals surface area contributed by atoms with E-state index in [-0.39, 0.29) is 10.8 Å². The van der Waals surface area contributed by atoms with Gasteiger partial charge in [-0.3, -0.25) is 0 Å². The molecule has 0 spiro atoms. The summed E-state index contributed by atoms with van der Waals surface area (Å²) in [5, 5.41) is 0. The molecular weight excluding hydrogens is 264 g/mol. The van der Waals surface area contributed by atoms with Crippen molar-refractivity contribution in [1.29, 1.82) is 0 Å². The van der Waals surface area contributed by atoms with E-state index in [1.54, 1.807) is 0 Å². The summed E-state index contributed by atoms with van der Waals surface area (Å²) in [7, 11) is 0. The van der Waals surface area contributed by atoms with Crippen LogP contribution in [0.4, 0.5) is 0 Å². The summed E-state index contributed by atoms with van der Waals surface area (Å²) in [6, 6.07) is 8.70. The zero-order valence-electron chi connectivity index (χ0n) is 15.0. The highest BCUT2D eigenvalue weighted by Crippen LogP contribution is 2.25. The van der Waals surface area contributed by atoms with Crippen LogP contribution >= 0.6 is 0 Å². The zero-order chi connectivity index (χ0) is 17.0. The van der Waals surface area contributed by atoms with E-state index in [4.69, 9.17) is 0 Å². The molecule has 0 aliphatic heterocycles. The monoisotopic (exact) mass is 294 g/mol. The Kier molecular flexibility index (Phi) is 5.77. The van der Waals surface area contributed by atoms with Crippen molar-refractivity contribution in [3.8, 4) is 0 Å². The standard InChI is InChI=1S/C22H30/c1-17(9-11-18(2)21(3,4)5)10-12-19-13-15-20(16-14-19)22(6,7)8/h9-16H,1-2H2,3-8H3/b11-9-,12-10+. The van der Waals surface area contributed by atoms with Crippen molar-refractivity contribution in [2.75, 3.05) is 0 Å². The van der Waals surface area contributed by atoms with E-state index in [1.165, 1.54) is 11.1 Å². The molecule has 118 valence electrons. The van der Waals surface area contributed by atoms with Gasteiger partial charge in [0, 0.05) is 0 Å². The minimum Gasteiger partial charge on any atom is -0.0953 e. The maximum Gasteiger partial charge on any atom is -0.0132 e. The molecule has 0 saturated carbocycles. The maximum absolute atomic E-state index is 4.10. The lowest BCUT2D eigenvalue weighted by Crippen LogP contribution is -2.10. The first-order valence-electron chi connectivity index (χ1n) is 7.85. The van der Waals surface area contributed by atoms with Crippen LogP contribution < -0.4 is 0 Å². The van der Waals surface area contributed by atoms with Gasteiger partial charge in [0.05, 0.1) is 0 Å². The molecule has 0 radical (unpaired) electrons. The summed E-state index contributed by atoms with van der Waals surface area (Å²) in [5.41, 5.74) is 4.93. The summed E-state index contributed by atoms with van der Waals surface area (Å²) in [6.45, 7) is 21.3. The van der Waals surface area contributed by atoms with E-state index in [9.17, 15) is 0 Å². The van der Waals surface area contributed by atoms with Gasteiger partial charge in [-0.15, -0.1) is 0 Å². The molecule has 0 unspecified atom stereocenters. The zero-order valence-corrected chi connectivity index (χ0v) is 15.0. The highest BCUT2D eigenvalue weighted by Gasteiger charge is 2.12. The van der Waals surface area contributed by atoms with Crippen LogP contribution in [0.25, 0.3) is 6.08 Å². The normalized spacial score (nSPS) is 13.0. The van der Waals surface area contributed by atoms with Crippen molar-refractivity contribution in [3.63, 3.8) is 0 Å². The number of allylic oxidation sites excluding steroid dienone is 5. The van der Waals surface area contributed by atoms with Crippen LogP contribution in [0.15, 0.2) is 66.8 Å². The van der Waals surface area contributed by atoms with Crippen molar-refractivity contribution >= 4 is 6.08 Å². The Morgan fingerprint density at radius 1 is 0.818 bits per heavy atom. The summed E-state index contributed by atoms with van der Waals surface area (Å²) in [5.74, 6) is 0. The van der Waals surface area contributed by atoms with E-state index in [0.717, 1.165) is 11.1 Å². The molecule has 0 aliphatic carbocycles. The quantitative estimate of drug-likeness (QED) is 0.541. The first-order chi connectivity index (χ1) is 10.00. The van der Waals surface area contributed by atoms with E-state index in [0.29, 0.717) is 0 Å². The van der Waals surface area contributed by atoms with Gasteiger partial charge >= 0.3 is 0 Å². The Hall–Kier alpha value is -1.82. The molecule has 0 heterocycles. The van der Waals surface area contributed by atoms with Crippen molar-refractivity contribution in [3.05, 3.63) is 77.9 Å². The van der Waals surface area contributed by atoms with Gasteiger partial charge in [-0.05, 0) is 33.1 Å². The average Bonchev–Trinajstić information content (AvgIpc) is 2.40. The van der Waals surface area contributed by atoms with Crippen LogP contribution in [0.3, 0.4) is 0 Å². The molecule has 1 rings (SSSR count). The predicted molar refractivity (Wildman–Crippen MR) is 101 cm³/mol. The fourth-order valence-corrected chi connectivity index (χ4v) is 1.81. The Morgan fingerprint density at radius 2 is 1.36 bits per heavy atom. The highest BCUT2D eigenvalue weighted by molar-refractivity contribution is 5.55. The second kappa shape index (κ2) is 6.96. The molecule has 0 aliphatic rings. The van der Waals surface area contributed by atoms with Crippen LogP contribution in [0.5, 0.6) is 0 Å². The fraction of sp³-hybridized carbons (Fsp3) is 0.364. The SMILES string of the molecule is C=C(/C=C\C(=C)C(C)(C)C)/C=C/c1ccc(C(C)(C)C)cc1. The average molecular weight is 294 g/mol. The molecule has 0 fully saturated rings. The molecule has 0 aromatic heterocycles. The minimum atomic E-state index is 0.100. The Bertz CT molecular complexity index is 578. The van der Waals surface area contributed by atoms with Crippen molar-refractivity contribution < 1.29 is 0 Å². The highest BCUT2D eigenvalue weighted by atomic mass is 14.2. The molecule has 0 nitrogen and oxygen atoms in total. The van der Waals surface area contributed by atoms with Gasteiger partial charge in [0.15, 0.2) is 0 Å². The molecule has 0 heteroatoms. The number of hydrogen-bond acceptors (Lipinski definition) is 0. The lowest BCUT2D eigenvalue weighted by atomic mass is 9.86. The molecule has 0 N–H and O–H groups in total. The van der Waals surface area contributed by atoms with E-state index in [2.05, 4.69) is 91.1 Å². The Morgan fingerprint density at radius 3 is 1.82 bits per heavy atom. The molecule has 22 heavy (non-hydrogen) atoms. The molecule has 0 atom stereocenters. The summed E-state index contributed by atoms with van der Waals surface area (Å²) < 4.78 is 0. The van der Waals surface area contributed by atoms with Gasteiger partial charge in [0.1, 0.15) is 0 Å². The molecule has 1 aromatic rings. The molecule has 0 amide bonds. The van der Waals surface area contributed by atoms with E-state index in [1.807, 2.05) is 12.2 Å². The lowest BCUT2D eigenvalue weighted by Gasteiger charge is -2.18. The third-order valence-corrected chi connectivity index (χ3v) is 3.73. The molecular formula is C22H30. The number of rotatable bonds is 4. The van der Waals surface area contributed by atoms with Crippen molar-refractivity contribution in [2.24, 2.45) is 5.41 Å². The van der Waals surface area contributed by atoms with Crippen LogP contribution in [0.2, 0.25) is 0 Å². The van der Waals surface area contributed by atoms with E-state index < -0.39 is 0 Å². The number of hydrogen-bond donors (Lipinski definition) is 0. The maximum atomic E-state index is 4.10. The van der Waals surface area contributed by atoms with Gasteiger partial charge < -0.3 is 0 Å². The summed E-state index contributed by atoms with van der Waals surface area (Å²) >= 11 is 0. The Balaban J connectivity index is 2.71. The van der Waals surface area contributed by atoms with Gasteiger partial charge in [-0.1, -0.05) is 103 Å². The van der Waals surface area contributed by atoms with Crippen molar-refractivity contribution in [1.82, 2.24) is 0 Å². The van der Waals surface area contributed by atoms with Crippen LogP contribution in [-0.4, -0.2) is 0 Å². The lowest BCUT2D eigenvalue weighted by molar-refractivity contribution is 0.519. The van der Waals surface area contributed by atoms with Crippen molar-refractivity contribution in [2.45, 2.75) is 47.0 Å². The molecule has 1 aromatic carbocycles. The Labute approximate surface area is 137 Å². The smallest absolute Gasteiger partial charge is 0.0132 e. The van der Waals surface area contributed by atoms with Gasteiger partial charge in [0.2, 0.25) is 0 Å². The van der Waals surface area contributed by atoms with Crippen LogP contribution in [-0.2, 0) is 5.41 Å². The van der Waals surface area contributed by atoms with Gasteiger partial charge in [0.25, 0.3) is 0 Å². The topological polar surface area (TPSA) is 0 Å². The predicted octanol–water partition coefficient (Wildman–Crippen LogP) is 6.71. The van der Waals surface area contributed by atoms with Gasteiger partial charge in [-0.25, -0.2) is 0 Å². The minimum absolute atomic E-state index is 0.100. The molecule has 0 saturated heterocycles. The van der Waals surface area contributed by atoms with Crippen LogP contribution in [0.1, 0.15) is 52.7 Å². The largest absolute Gasteiger partial charge is 0.0953 e. The number of benzene rings is 1. The fourth-order valence-electron chi connectivity index (χ4n) is 1.81. The first kappa shape index (κ1) is 18.2. The first-order valence-corrected chi connectivity index (χ1v) is 7.85. The second-order valence-electron chi connectivity index (χ2n) is 7.89. The van der Waals surface area contributed by atoms with E-state index >= 15 is 0 Å².